The lowest BCUT2D eigenvalue weighted by Crippen LogP contribution is -2.06. The van der Waals surface area contributed by atoms with E-state index in [1.165, 1.54) is 35.1 Å². The van der Waals surface area contributed by atoms with Gasteiger partial charge in [0, 0.05) is 6.42 Å². The van der Waals surface area contributed by atoms with Crippen LogP contribution in [-0.4, -0.2) is 6.61 Å². The first-order valence-corrected chi connectivity index (χ1v) is 8.39. The molecule has 0 heterocycles. The summed E-state index contributed by atoms with van der Waals surface area (Å²) in [4.78, 5) is 0. The zero-order chi connectivity index (χ0) is 16.2. The van der Waals surface area contributed by atoms with E-state index in [4.69, 9.17) is 4.74 Å². The molecule has 2 nitrogen and oxygen atoms in total. The van der Waals surface area contributed by atoms with Gasteiger partial charge in [-0.3, -0.25) is 0 Å². The molecule has 1 atom stereocenters. The molecule has 0 N–H and O–H groups in total. The van der Waals surface area contributed by atoms with Crippen molar-refractivity contribution in [1.29, 1.82) is 5.26 Å². The van der Waals surface area contributed by atoms with Crippen LogP contribution in [0.1, 0.15) is 46.6 Å². The van der Waals surface area contributed by atoms with Crippen LogP contribution in [0.5, 0.6) is 5.75 Å². The number of rotatable bonds is 5. The average molecular weight is 305 g/mol. The molecule has 0 saturated carbocycles. The lowest BCUT2D eigenvalue weighted by molar-refractivity contribution is 0.305. The van der Waals surface area contributed by atoms with Gasteiger partial charge in [0.05, 0.1) is 18.6 Å². The Morgan fingerprint density at radius 1 is 1.09 bits per heavy atom. The minimum Gasteiger partial charge on any atom is -0.494 e. The zero-order valence-electron chi connectivity index (χ0n) is 13.9. The van der Waals surface area contributed by atoms with Crippen LogP contribution in [0.25, 0.3) is 0 Å². The number of aryl methyl sites for hydroxylation is 4. The highest BCUT2D eigenvalue weighted by atomic mass is 16.5. The van der Waals surface area contributed by atoms with Gasteiger partial charge >= 0.3 is 0 Å². The molecule has 1 aliphatic rings. The van der Waals surface area contributed by atoms with Crippen LogP contribution in [0, 0.1) is 25.2 Å². The predicted molar refractivity (Wildman–Crippen MR) is 92.8 cm³/mol. The molecule has 0 aromatic heterocycles. The number of hydrogen-bond donors (Lipinski definition) is 0. The third-order valence-electron chi connectivity index (χ3n) is 4.71. The van der Waals surface area contributed by atoms with E-state index in [0.29, 0.717) is 6.61 Å². The summed E-state index contributed by atoms with van der Waals surface area (Å²) in [6, 6.07) is 15.2. The number of ether oxygens (including phenoxy) is 1. The minimum atomic E-state index is -0.107. The van der Waals surface area contributed by atoms with Gasteiger partial charge in [-0.2, -0.15) is 5.26 Å². The van der Waals surface area contributed by atoms with Crippen LogP contribution >= 0.6 is 0 Å². The van der Waals surface area contributed by atoms with E-state index < -0.39 is 0 Å². The smallest absolute Gasteiger partial charge is 0.119 e. The molecule has 0 bridgehead atoms. The molecule has 0 aliphatic heterocycles. The second-order valence-corrected chi connectivity index (χ2v) is 6.46. The van der Waals surface area contributed by atoms with Gasteiger partial charge in [-0.1, -0.05) is 29.8 Å². The van der Waals surface area contributed by atoms with Crippen molar-refractivity contribution in [3.8, 4) is 11.8 Å². The molecule has 1 unspecified atom stereocenters. The SMILES string of the molecule is Cc1ccc(C)c(C(C#N)CCOc2ccc3c(c2)CCC3)c1. The molecule has 0 spiro atoms. The van der Waals surface area contributed by atoms with E-state index >= 15 is 0 Å². The van der Waals surface area contributed by atoms with Gasteiger partial charge in [-0.25, -0.2) is 0 Å². The molecule has 0 fully saturated rings. The molecule has 118 valence electrons. The van der Waals surface area contributed by atoms with Crippen LogP contribution in [0.2, 0.25) is 0 Å². The fourth-order valence-electron chi connectivity index (χ4n) is 3.36. The monoisotopic (exact) mass is 305 g/mol. The van der Waals surface area contributed by atoms with Crippen molar-refractivity contribution in [2.24, 2.45) is 0 Å². The van der Waals surface area contributed by atoms with Crippen LogP contribution in [0.15, 0.2) is 36.4 Å². The van der Waals surface area contributed by atoms with Crippen molar-refractivity contribution in [2.75, 3.05) is 6.61 Å². The average Bonchev–Trinajstić information content (AvgIpc) is 3.02. The van der Waals surface area contributed by atoms with Crippen LogP contribution < -0.4 is 4.74 Å². The first kappa shape index (κ1) is 15.6. The van der Waals surface area contributed by atoms with Crippen LogP contribution in [0.4, 0.5) is 0 Å². The Kier molecular flexibility index (Phi) is 4.67. The van der Waals surface area contributed by atoms with Crippen LogP contribution in [-0.2, 0) is 12.8 Å². The molecular formula is C21H23NO. The third-order valence-corrected chi connectivity index (χ3v) is 4.71. The highest BCUT2D eigenvalue weighted by Gasteiger charge is 2.15. The van der Waals surface area contributed by atoms with Crippen molar-refractivity contribution in [2.45, 2.75) is 45.4 Å². The molecule has 2 heteroatoms. The number of fused-ring (bicyclic) bond motifs is 1. The Morgan fingerprint density at radius 2 is 1.91 bits per heavy atom. The predicted octanol–water partition coefficient (Wildman–Crippen LogP) is 4.87. The van der Waals surface area contributed by atoms with E-state index in [1.54, 1.807) is 0 Å². The summed E-state index contributed by atoms with van der Waals surface area (Å²) in [5.74, 6) is 0.827. The molecular weight excluding hydrogens is 282 g/mol. The van der Waals surface area contributed by atoms with Gasteiger partial charge in [0.25, 0.3) is 0 Å². The molecule has 0 radical (unpaired) electrons. The lowest BCUT2D eigenvalue weighted by atomic mass is 9.92. The Balaban J connectivity index is 1.63. The standard InChI is InChI=1S/C21H23NO/c1-15-6-7-16(2)21(12-15)19(14-22)10-11-23-20-9-8-17-4-3-5-18(17)13-20/h6-9,12-13,19H,3-5,10-11H2,1-2H3. The summed E-state index contributed by atoms with van der Waals surface area (Å²) >= 11 is 0. The van der Waals surface area contributed by atoms with Gasteiger partial charge in [0.15, 0.2) is 0 Å². The fraction of sp³-hybridized carbons (Fsp3) is 0.381. The van der Waals surface area contributed by atoms with Crippen LogP contribution in [0.3, 0.4) is 0 Å². The third kappa shape index (κ3) is 3.56. The van der Waals surface area contributed by atoms with E-state index in [0.717, 1.165) is 24.2 Å². The highest BCUT2D eigenvalue weighted by Crippen LogP contribution is 2.27. The van der Waals surface area contributed by atoms with E-state index in [-0.39, 0.29) is 5.92 Å². The second-order valence-electron chi connectivity index (χ2n) is 6.46. The minimum absolute atomic E-state index is 0.107. The van der Waals surface area contributed by atoms with Crippen molar-refractivity contribution >= 4 is 0 Å². The molecule has 3 rings (SSSR count). The Labute approximate surface area is 138 Å². The summed E-state index contributed by atoms with van der Waals surface area (Å²) < 4.78 is 5.90. The number of benzene rings is 2. The molecule has 0 saturated heterocycles. The molecule has 2 aromatic rings. The first-order chi connectivity index (χ1) is 11.2. The normalized spacial score (nSPS) is 14.1. The first-order valence-electron chi connectivity index (χ1n) is 8.39. The van der Waals surface area contributed by atoms with Crippen molar-refractivity contribution in [3.63, 3.8) is 0 Å². The molecule has 23 heavy (non-hydrogen) atoms. The Bertz CT molecular complexity index is 742. The maximum atomic E-state index is 9.51. The van der Waals surface area contributed by atoms with Gasteiger partial charge in [0.1, 0.15) is 5.75 Å². The number of hydrogen-bond acceptors (Lipinski definition) is 2. The number of nitriles is 1. The maximum Gasteiger partial charge on any atom is 0.119 e. The van der Waals surface area contributed by atoms with Gasteiger partial charge < -0.3 is 4.74 Å². The lowest BCUT2D eigenvalue weighted by Gasteiger charge is -2.14. The summed E-state index contributed by atoms with van der Waals surface area (Å²) in [6.45, 7) is 4.71. The second kappa shape index (κ2) is 6.87. The largest absolute Gasteiger partial charge is 0.494 e. The quantitative estimate of drug-likeness (QED) is 0.789. The van der Waals surface area contributed by atoms with Crippen molar-refractivity contribution in [1.82, 2.24) is 0 Å². The van der Waals surface area contributed by atoms with Gasteiger partial charge in [-0.05, 0) is 67.5 Å². The molecule has 0 amide bonds. The van der Waals surface area contributed by atoms with Gasteiger partial charge in [-0.15, -0.1) is 0 Å². The van der Waals surface area contributed by atoms with E-state index in [2.05, 4.69) is 56.3 Å². The molecule has 1 aliphatic carbocycles. The van der Waals surface area contributed by atoms with Gasteiger partial charge in [0.2, 0.25) is 0 Å². The topological polar surface area (TPSA) is 33.0 Å². The highest BCUT2D eigenvalue weighted by molar-refractivity contribution is 5.39. The Morgan fingerprint density at radius 3 is 2.74 bits per heavy atom. The zero-order valence-corrected chi connectivity index (χ0v) is 13.9. The number of nitrogens with zero attached hydrogens (tertiary/aromatic N) is 1. The summed E-state index contributed by atoms with van der Waals surface area (Å²) in [5.41, 5.74) is 6.40. The summed E-state index contributed by atoms with van der Waals surface area (Å²) in [6.07, 6.45) is 4.33. The Hall–Kier alpha value is -2.27. The maximum absolute atomic E-state index is 9.51. The van der Waals surface area contributed by atoms with Crippen molar-refractivity contribution in [3.05, 3.63) is 64.2 Å². The van der Waals surface area contributed by atoms with E-state index in [1.807, 2.05) is 0 Å². The van der Waals surface area contributed by atoms with Crippen molar-refractivity contribution < 1.29 is 4.74 Å². The summed E-state index contributed by atoms with van der Waals surface area (Å²) in [7, 11) is 0. The summed E-state index contributed by atoms with van der Waals surface area (Å²) in [5, 5.41) is 9.51. The fourth-order valence-corrected chi connectivity index (χ4v) is 3.36. The molecule has 2 aromatic carbocycles. The van der Waals surface area contributed by atoms with E-state index in [9.17, 15) is 5.26 Å².